The predicted octanol–water partition coefficient (Wildman–Crippen LogP) is 4.25. The number of hydrogen-bond donors (Lipinski definition) is 1. The quantitative estimate of drug-likeness (QED) is 0.737. The van der Waals surface area contributed by atoms with Gasteiger partial charge in [0, 0.05) is 17.7 Å². The third-order valence-electron chi connectivity index (χ3n) is 3.72. The molecule has 0 aliphatic rings. The maximum absolute atomic E-state index is 6.34. The number of rotatable bonds is 8. The van der Waals surface area contributed by atoms with Crippen LogP contribution >= 0.6 is 0 Å². The summed E-state index contributed by atoms with van der Waals surface area (Å²) in [4.78, 5) is 0. The zero-order valence-corrected chi connectivity index (χ0v) is 14.5. The van der Waals surface area contributed by atoms with E-state index in [9.17, 15) is 0 Å². The highest BCUT2D eigenvalue weighted by molar-refractivity contribution is 5.52. The Hall–Kier alpha value is -2.46. The highest BCUT2D eigenvalue weighted by atomic mass is 16.5. The fourth-order valence-corrected chi connectivity index (χ4v) is 2.51. The summed E-state index contributed by atoms with van der Waals surface area (Å²) in [6, 6.07) is 13.5. The van der Waals surface area contributed by atoms with Gasteiger partial charge >= 0.3 is 0 Å². The van der Waals surface area contributed by atoms with E-state index >= 15 is 0 Å². The summed E-state index contributed by atoms with van der Waals surface area (Å²) in [6.45, 7) is 6.37. The van der Waals surface area contributed by atoms with Crippen LogP contribution < -0.4 is 19.9 Å². The van der Waals surface area contributed by atoms with Crippen LogP contribution in [-0.4, -0.2) is 14.2 Å². The van der Waals surface area contributed by atoms with E-state index in [-0.39, 0.29) is 6.04 Å². The monoisotopic (exact) mass is 327 g/mol. The standard InChI is InChI=1S/C20H25NO3/c1-14(2)10-17(21)16-11-19(22-3)20(23-4)12-18(16)24-13-15-8-6-5-7-9-15/h5-9,11-12,17H,1,10,13,21H2,2-4H3/t17-/m1/s1. The number of ether oxygens (including phenoxy) is 3. The van der Waals surface area contributed by atoms with E-state index < -0.39 is 0 Å². The van der Waals surface area contributed by atoms with Gasteiger partial charge in [0.2, 0.25) is 0 Å². The van der Waals surface area contributed by atoms with Crippen LogP contribution in [0.1, 0.15) is 30.5 Å². The van der Waals surface area contributed by atoms with E-state index in [1.165, 1.54) is 0 Å². The summed E-state index contributed by atoms with van der Waals surface area (Å²) in [6.07, 6.45) is 0.678. The summed E-state index contributed by atoms with van der Waals surface area (Å²) in [5.74, 6) is 1.95. The summed E-state index contributed by atoms with van der Waals surface area (Å²) in [5, 5.41) is 0. The lowest BCUT2D eigenvalue weighted by atomic mass is 9.99. The fraction of sp³-hybridized carbons (Fsp3) is 0.300. The van der Waals surface area contributed by atoms with Crippen LogP contribution in [0.15, 0.2) is 54.6 Å². The Morgan fingerprint density at radius 3 is 2.25 bits per heavy atom. The minimum Gasteiger partial charge on any atom is -0.493 e. The van der Waals surface area contributed by atoms with Crippen molar-refractivity contribution in [2.45, 2.75) is 26.0 Å². The van der Waals surface area contributed by atoms with E-state index in [1.807, 2.05) is 49.4 Å². The Labute approximate surface area is 143 Å². The van der Waals surface area contributed by atoms with Crippen molar-refractivity contribution in [3.63, 3.8) is 0 Å². The zero-order valence-electron chi connectivity index (χ0n) is 14.5. The summed E-state index contributed by atoms with van der Waals surface area (Å²) in [5.41, 5.74) is 9.33. The number of hydrogen-bond acceptors (Lipinski definition) is 4. The average Bonchev–Trinajstić information content (AvgIpc) is 2.59. The normalized spacial score (nSPS) is 11.7. The molecule has 24 heavy (non-hydrogen) atoms. The van der Waals surface area contributed by atoms with Gasteiger partial charge in [0.25, 0.3) is 0 Å². The Morgan fingerprint density at radius 1 is 1.04 bits per heavy atom. The van der Waals surface area contributed by atoms with E-state index in [4.69, 9.17) is 19.9 Å². The van der Waals surface area contributed by atoms with E-state index in [2.05, 4.69) is 6.58 Å². The largest absolute Gasteiger partial charge is 0.493 e. The number of methoxy groups -OCH3 is 2. The van der Waals surface area contributed by atoms with Crippen molar-refractivity contribution in [2.24, 2.45) is 5.73 Å². The molecule has 0 aliphatic carbocycles. The lowest BCUT2D eigenvalue weighted by Gasteiger charge is -2.20. The van der Waals surface area contributed by atoms with Crippen molar-refractivity contribution in [1.29, 1.82) is 0 Å². The summed E-state index contributed by atoms with van der Waals surface area (Å²) in [7, 11) is 3.21. The third-order valence-corrected chi connectivity index (χ3v) is 3.72. The summed E-state index contributed by atoms with van der Waals surface area (Å²) < 4.78 is 16.8. The van der Waals surface area contributed by atoms with Gasteiger partial charge in [-0.15, -0.1) is 6.58 Å². The molecule has 4 nitrogen and oxygen atoms in total. The van der Waals surface area contributed by atoms with Crippen molar-refractivity contribution in [2.75, 3.05) is 14.2 Å². The van der Waals surface area contributed by atoms with Crippen molar-refractivity contribution in [1.82, 2.24) is 0 Å². The van der Waals surface area contributed by atoms with E-state index in [0.717, 1.165) is 16.7 Å². The molecule has 1 atom stereocenters. The van der Waals surface area contributed by atoms with E-state index in [1.54, 1.807) is 14.2 Å². The molecule has 0 unspecified atom stereocenters. The van der Waals surface area contributed by atoms with Crippen LogP contribution in [0.2, 0.25) is 0 Å². The van der Waals surface area contributed by atoms with Crippen LogP contribution in [0, 0.1) is 0 Å². The predicted molar refractivity (Wildman–Crippen MR) is 96.7 cm³/mol. The first-order valence-electron chi connectivity index (χ1n) is 7.87. The smallest absolute Gasteiger partial charge is 0.164 e. The molecule has 0 amide bonds. The van der Waals surface area contributed by atoms with Crippen LogP contribution in [0.4, 0.5) is 0 Å². The third kappa shape index (κ3) is 4.52. The Morgan fingerprint density at radius 2 is 1.67 bits per heavy atom. The molecule has 0 bridgehead atoms. The van der Waals surface area contributed by atoms with Gasteiger partial charge in [0.15, 0.2) is 11.5 Å². The molecule has 2 aromatic carbocycles. The van der Waals surface area contributed by atoms with Gasteiger partial charge in [-0.1, -0.05) is 35.9 Å². The molecular weight excluding hydrogens is 302 g/mol. The highest BCUT2D eigenvalue weighted by Crippen LogP contribution is 2.38. The Balaban J connectivity index is 2.33. The first-order chi connectivity index (χ1) is 11.5. The molecule has 4 heteroatoms. The molecule has 0 heterocycles. The second-order valence-corrected chi connectivity index (χ2v) is 5.79. The Bertz CT molecular complexity index is 683. The van der Waals surface area contributed by atoms with Crippen molar-refractivity contribution >= 4 is 0 Å². The summed E-state index contributed by atoms with van der Waals surface area (Å²) >= 11 is 0. The van der Waals surface area contributed by atoms with Crippen LogP contribution in [0.25, 0.3) is 0 Å². The van der Waals surface area contributed by atoms with Crippen molar-refractivity contribution in [3.05, 3.63) is 65.7 Å². The first kappa shape index (κ1) is 17.9. The molecule has 2 rings (SSSR count). The topological polar surface area (TPSA) is 53.7 Å². The van der Waals surface area contributed by atoms with Gasteiger partial charge < -0.3 is 19.9 Å². The molecule has 0 fully saturated rings. The lowest BCUT2D eigenvalue weighted by Crippen LogP contribution is -2.13. The van der Waals surface area contributed by atoms with Gasteiger partial charge in [-0.2, -0.15) is 0 Å². The highest BCUT2D eigenvalue weighted by Gasteiger charge is 2.18. The molecule has 0 aliphatic heterocycles. The first-order valence-corrected chi connectivity index (χ1v) is 7.87. The number of benzene rings is 2. The van der Waals surface area contributed by atoms with Crippen LogP contribution in [0.5, 0.6) is 17.2 Å². The van der Waals surface area contributed by atoms with Crippen LogP contribution in [-0.2, 0) is 6.61 Å². The minimum absolute atomic E-state index is 0.215. The maximum atomic E-state index is 6.34. The van der Waals surface area contributed by atoms with E-state index in [0.29, 0.717) is 30.3 Å². The van der Waals surface area contributed by atoms with Crippen molar-refractivity contribution < 1.29 is 14.2 Å². The SMILES string of the molecule is C=C(C)C[C@@H](N)c1cc(OC)c(OC)cc1OCc1ccccc1. The van der Waals surface area contributed by atoms with Gasteiger partial charge in [-0.25, -0.2) is 0 Å². The molecule has 0 saturated heterocycles. The molecule has 0 aromatic heterocycles. The fourth-order valence-electron chi connectivity index (χ4n) is 2.51. The van der Waals surface area contributed by atoms with Crippen molar-refractivity contribution in [3.8, 4) is 17.2 Å². The van der Waals surface area contributed by atoms with Gasteiger partial charge in [0.1, 0.15) is 12.4 Å². The molecule has 0 radical (unpaired) electrons. The second kappa shape index (κ2) is 8.41. The molecule has 0 saturated carbocycles. The lowest BCUT2D eigenvalue weighted by molar-refractivity contribution is 0.295. The second-order valence-electron chi connectivity index (χ2n) is 5.79. The van der Waals surface area contributed by atoms with Gasteiger partial charge in [-0.3, -0.25) is 0 Å². The molecule has 0 spiro atoms. The Kier molecular flexibility index (Phi) is 6.27. The molecule has 2 N–H and O–H groups in total. The molecular formula is C20H25NO3. The van der Waals surface area contributed by atoms with Gasteiger partial charge in [-0.05, 0) is 25.0 Å². The zero-order chi connectivity index (χ0) is 17.5. The average molecular weight is 327 g/mol. The van der Waals surface area contributed by atoms with Gasteiger partial charge in [0.05, 0.1) is 14.2 Å². The number of nitrogens with two attached hydrogens (primary N) is 1. The van der Waals surface area contributed by atoms with Crippen LogP contribution in [0.3, 0.4) is 0 Å². The maximum Gasteiger partial charge on any atom is 0.164 e. The molecule has 2 aromatic rings. The molecule has 128 valence electrons. The minimum atomic E-state index is -0.215.